The van der Waals surface area contributed by atoms with Gasteiger partial charge in [0.05, 0.1) is 0 Å². The molecule has 0 unspecified atom stereocenters. The fourth-order valence-corrected chi connectivity index (χ4v) is 2.21. The Kier molecular flexibility index (Phi) is 2.92. The van der Waals surface area contributed by atoms with Gasteiger partial charge in [-0.15, -0.1) is 0 Å². The lowest BCUT2D eigenvalue weighted by molar-refractivity contribution is 0.569. The third-order valence-electron chi connectivity index (χ3n) is 3.40. The third-order valence-corrected chi connectivity index (χ3v) is 3.40. The zero-order chi connectivity index (χ0) is 12.5. The van der Waals surface area contributed by atoms with Crippen LogP contribution in [-0.2, 0) is 6.54 Å². The molecule has 0 saturated heterocycles. The maximum absolute atomic E-state index is 5.57. The molecule has 1 aliphatic rings. The molecule has 3 rings (SSSR count). The fraction of sp³-hybridized carbons (Fsp3) is 0.400. The van der Waals surface area contributed by atoms with Crippen LogP contribution in [0.25, 0.3) is 11.3 Å². The summed E-state index contributed by atoms with van der Waals surface area (Å²) in [6.07, 6.45) is 4.12. The maximum Gasteiger partial charge on any atom is 0.181 e. The molecule has 3 heteroatoms. The minimum absolute atomic E-state index is 0.689. The molecule has 2 aromatic rings. The van der Waals surface area contributed by atoms with Crippen molar-refractivity contribution in [3.05, 3.63) is 41.4 Å². The molecule has 1 aromatic heterocycles. The lowest BCUT2D eigenvalue weighted by Gasteiger charge is -2.06. The first-order valence-corrected chi connectivity index (χ1v) is 6.47. The van der Waals surface area contributed by atoms with E-state index in [0.717, 1.165) is 23.6 Å². The van der Waals surface area contributed by atoms with Crippen LogP contribution in [0.4, 0.5) is 0 Å². The molecule has 0 atom stereocenters. The van der Waals surface area contributed by atoms with Gasteiger partial charge in [-0.1, -0.05) is 23.8 Å². The van der Waals surface area contributed by atoms with E-state index < -0.39 is 0 Å². The van der Waals surface area contributed by atoms with E-state index in [0.29, 0.717) is 6.04 Å². The van der Waals surface area contributed by atoms with Gasteiger partial charge in [0.1, 0.15) is 5.69 Å². The molecule has 94 valence electrons. The Hall–Kier alpha value is -1.61. The van der Waals surface area contributed by atoms with Crippen LogP contribution in [0, 0.1) is 13.8 Å². The molecule has 0 bridgehead atoms. The van der Waals surface area contributed by atoms with Gasteiger partial charge in [0, 0.05) is 18.2 Å². The number of benzene rings is 1. The molecule has 1 fully saturated rings. The molecule has 0 aliphatic heterocycles. The Morgan fingerprint density at radius 3 is 2.89 bits per heavy atom. The van der Waals surface area contributed by atoms with Crippen molar-refractivity contribution in [2.45, 2.75) is 39.3 Å². The first-order chi connectivity index (χ1) is 8.74. The number of nitrogens with zero attached hydrogens (tertiary/aromatic N) is 1. The number of hydrogen-bond acceptors (Lipinski definition) is 3. The normalized spacial score (nSPS) is 15.0. The van der Waals surface area contributed by atoms with Gasteiger partial charge in [-0.25, -0.2) is 4.98 Å². The van der Waals surface area contributed by atoms with Crippen molar-refractivity contribution in [3.63, 3.8) is 0 Å². The van der Waals surface area contributed by atoms with Crippen LogP contribution in [0.5, 0.6) is 0 Å². The summed E-state index contributed by atoms with van der Waals surface area (Å²) in [5.74, 6) is 0.903. The van der Waals surface area contributed by atoms with Crippen molar-refractivity contribution in [2.75, 3.05) is 0 Å². The first-order valence-electron chi connectivity index (χ1n) is 6.47. The molecule has 1 saturated carbocycles. The highest BCUT2D eigenvalue weighted by molar-refractivity contribution is 5.64. The molecule has 1 heterocycles. The van der Waals surface area contributed by atoms with Gasteiger partial charge in [-0.3, -0.25) is 0 Å². The molecular weight excluding hydrogens is 224 g/mol. The van der Waals surface area contributed by atoms with E-state index in [1.807, 2.05) is 0 Å². The predicted molar refractivity (Wildman–Crippen MR) is 71.3 cm³/mol. The lowest BCUT2D eigenvalue weighted by Crippen LogP contribution is -2.16. The van der Waals surface area contributed by atoms with Crippen LogP contribution in [0.15, 0.2) is 29.0 Å². The van der Waals surface area contributed by atoms with Crippen LogP contribution in [-0.4, -0.2) is 11.0 Å². The molecule has 18 heavy (non-hydrogen) atoms. The van der Waals surface area contributed by atoms with Crippen molar-refractivity contribution in [1.29, 1.82) is 0 Å². The second-order valence-corrected chi connectivity index (χ2v) is 5.10. The average molecular weight is 242 g/mol. The number of rotatable bonds is 4. The van der Waals surface area contributed by atoms with Gasteiger partial charge in [0.15, 0.2) is 12.2 Å². The number of aromatic nitrogens is 1. The maximum atomic E-state index is 5.57. The summed E-state index contributed by atoms with van der Waals surface area (Å²) < 4.78 is 5.57. The zero-order valence-electron chi connectivity index (χ0n) is 10.9. The van der Waals surface area contributed by atoms with Gasteiger partial charge in [-0.2, -0.15) is 0 Å². The minimum atomic E-state index is 0.689. The van der Waals surface area contributed by atoms with E-state index in [9.17, 15) is 0 Å². The topological polar surface area (TPSA) is 38.1 Å². The SMILES string of the molecule is Cc1ccc(-c2ocnc2CNC2CC2)c(C)c1. The second kappa shape index (κ2) is 4.58. The Morgan fingerprint density at radius 1 is 1.33 bits per heavy atom. The molecule has 1 aromatic carbocycles. The van der Waals surface area contributed by atoms with Crippen molar-refractivity contribution in [2.24, 2.45) is 0 Å². The Labute approximate surface area is 107 Å². The van der Waals surface area contributed by atoms with E-state index in [4.69, 9.17) is 4.42 Å². The molecule has 0 amide bonds. The smallest absolute Gasteiger partial charge is 0.181 e. The van der Waals surface area contributed by atoms with Crippen molar-refractivity contribution >= 4 is 0 Å². The average Bonchev–Trinajstić information content (AvgIpc) is 3.06. The number of nitrogens with one attached hydrogen (secondary N) is 1. The van der Waals surface area contributed by atoms with Crippen molar-refractivity contribution in [1.82, 2.24) is 10.3 Å². The first kappa shape index (κ1) is 11.5. The van der Waals surface area contributed by atoms with Crippen LogP contribution in [0.1, 0.15) is 29.7 Å². The molecule has 1 N–H and O–H groups in total. The molecule has 0 spiro atoms. The van der Waals surface area contributed by atoms with Gasteiger partial charge >= 0.3 is 0 Å². The highest BCUT2D eigenvalue weighted by Gasteiger charge is 2.22. The summed E-state index contributed by atoms with van der Waals surface area (Å²) in [5, 5.41) is 3.48. The van der Waals surface area contributed by atoms with E-state index in [2.05, 4.69) is 42.3 Å². The Balaban J connectivity index is 1.88. The molecule has 3 nitrogen and oxygen atoms in total. The fourth-order valence-electron chi connectivity index (χ4n) is 2.21. The Bertz CT molecular complexity index is 555. The zero-order valence-corrected chi connectivity index (χ0v) is 10.9. The largest absolute Gasteiger partial charge is 0.443 e. The van der Waals surface area contributed by atoms with Crippen molar-refractivity contribution < 1.29 is 4.42 Å². The quantitative estimate of drug-likeness (QED) is 0.894. The Morgan fingerprint density at radius 2 is 2.17 bits per heavy atom. The minimum Gasteiger partial charge on any atom is -0.443 e. The summed E-state index contributed by atoms with van der Waals surface area (Å²) in [4.78, 5) is 4.33. The van der Waals surface area contributed by atoms with Gasteiger partial charge in [0.25, 0.3) is 0 Å². The summed E-state index contributed by atoms with van der Waals surface area (Å²) in [7, 11) is 0. The molecule has 0 radical (unpaired) electrons. The number of hydrogen-bond donors (Lipinski definition) is 1. The predicted octanol–water partition coefficient (Wildman–Crippen LogP) is 3.21. The second-order valence-electron chi connectivity index (χ2n) is 5.10. The van der Waals surface area contributed by atoms with Crippen molar-refractivity contribution in [3.8, 4) is 11.3 Å². The van der Waals surface area contributed by atoms with Gasteiger partial charge < -0.3 is 9.73 Å². The van der Waals surface area contributed by atoms with E-state index >= 15 is 0 Å². The monoisotopic (exact) mass is 242 g/mol. The van der Waals surface area contributed by atoms with Crippen LogP contribution < -0.4 is 5.32 Å². The molecule has 1 aliphatic carbocycles. The summed E-state index contributed by atoms with van der Waals surface area (Å²) in [6, 6.07) is 7.10. The van der Waals surface area contributed by atoms with Gasteiger partial charge in [-0.05, 0) is 32.3 Å². The standard InChI is InChI=1S/C15H18N2O/c1-10-3-6-13(11(2)7-10)15-14(17-9-18-15)8-16-12-4-5-12/h3,6-7,9,12,16H,4-5,8H2,1-2H3. The summed E-state index contributed by atoms with van der Waals surface area (Å²) >= 11 is 0. The number of aryl methyl sites for hydroxylation is 2. The van der Waals surface area contributed by atoms with E-state index in [-0.39, 0.29) is 0 Å². The number of oxazole rings is 1. The van der Waals surface area contributed by atoms with E-state index in [1.54, 1.807) is 6.39 Å². The van der Waals surface area contributed by atoms with E-state index in [1.165, 1.54) is 24.0 Å². The highest BCUT2D eigenvalue weighted by Crippen LogP contribution is 2.28. The third kappa shape index (κ3) is 2.31. The van der Waals surface area contributed by atoms with Crippen LogP contribution in [0.2, 0.25) is 0 Å². The summed E-state index contributed by atoms with van der Waals surface area (Å²) in [5.41, 5.74) is 4.66. The highest BCUT2D eigenvalue weighted by atomic mass is 16.3. The molecular formula is C15H18N2O. The van der Waals surface area contributed by atoms with Gasteiger partial charge in [0.2, 0.25) is 0 Å². The summed E-state index contributed by atoms with van der Waals surface area (Å²) in [6.45, 7) is 5.01. The van der Waals surface area contributed by atoms with Crippen LogP contribution >= 0.6 is 0 Å². The van der Waals surface area contributed by atoms with Crippen LogP contribution in [0.3, 0.4) is 0 Å². The lowest BCUT2D eigenvalue weighted by atomic mass is 10.0.